The van der Waals surface area contributed by atoms with E-state index < -0.39 is 23.6 Å². The van der Waals surface area contributed by atoms with E-state index in [4.69, 9.17) is 0 Å². The summed E-state index contributed by atoms with van der Waals surface area (Å²) in [6.45, 7) is 0.412. The molecule has 1 saturated heterocycles. The van der Waals surface area contributed by atoms with Crippen molar-refractivity contribution >= 4 is 11.8 Å². The molecule has 20 heavy (non-hydrogen) atoms. The van der Waals surface area contributed by atoms with E-state index in [1.54, 1.807) is 0 Å². The summed E-state index contributed by atoms with van der Waals surface area (Å²) in [7, 11) is 1.50. The molecule has 1 aromatic rings. The van der Waals surface area contributed by atoms with Crippen LogP contribution in [-0.2, 0) is 4.79 Å². The summed E-state index contributed by atoms with van der Waals surface area (Å²) in [5, 5.41) is 2.51. The first-order valence-corrected chi connectivity index (χ1v) is 6.51. The summed E-state index contributed by atoms with van der Waals surface area (Å²) in [5.74, 6) is -2.38. The smallest absolute Gasteiger partial charge is 0.254 e. The maximum Gasteiger partial charge on any atom is 0.254 e. The molecule has 1 aromatic carbocycles. The van der Waals surface area contributed by atoms with Gasteiger partial charge in [-0.3, -0.25) is 9.59 Å². The third-order valence-electron chi connectivity index (χ3n) is 3.42. The van der Waals surface area contributed by atoms with Crippen LogP contribution in [0.2, 0.25) is 0 Å². The van der Waals surface area contributed by atoms with Crippen molar-refractivity contribution in [1.29, 1.82) is 0 Å². The number of carbonyl (C=O) groups is 2. The van der Waals surface area contributed by atoms with E-state index in [0.717, 1.165) is 25.0 Å². The van der Waals surface area contributed by atoms with Gasteiger partial charge in [0.15, 0.2) is 0 Å². The fourth-order valence-corrected chi connectivity index (χ4v) is 2.46. The second-order valence-electron chi connectivity index (χ2n) is 4.78. The number of halogens is 2. The van der Waals surface area contributed by atoms with Crippen molar-refractivity contribution in [2.24, 2.45) is 0 Å². The van der Waals surface area contributed by atoms with Crippen LogP contribution < -0.4 is 5.32 Å². The predicted molar refractivity (Wildman–Crippen MR) is 69.1 cm³/mol. The van der Waals surface area contributed by atoms with E-state index in [1.807, 2.05) is 0 Å². The molecule has 2 amide bonds. The highest BCUT2D eigenvalue weighted by Crippen LogP contribution is 2.20. The monoisotopic (exact) mass is 282 g/mol. The zero-order valence-corrected chi connectivity index (χ0v) is 11.2. The van der Waals surface area contributed by atoms with E-state index in [2.05, 4.69) is 5.32 Å². The fourth-order valence-electron chi connectivity index (χ4n) is 2.46. The van der Waals surface area contributed by atoms with Crippen LogP contribution in [0, 0.1) is 11.6 Å². The first-order chi connectivity index (χ1) is 9.52. The zero-order chi connectivity index (χ0) is 14.7. The summed E-state index contributed by atoms with van der Waals surface area (Å²) in [6.07, 6.45) is 2.18. The third kappa shape index (κ3) is 2.95. The summed E-state index contributed by atoms with van der Waals surface area (Å²) in [4.78, 5) is 25.5. The average molecular weight is 282 g/mol. The van der Waals surface area contributed by atoms with Gasteiger partial charge in [-0.2, -0.15) is 0 Å². The molecule has 4 nitrogen and oxygen atoms in total. The largest absolute Gasteiger partial charge is 0.357 e. The molecule has 0 aliphatic carbocycles. The number of hydrogen-bond acceptors (Lipinski definition) is 2. The zero-order valence-electron chi connectivity index (χ0n) is 11.2. The van der Waals surface area contributed by atoms with E-state index in [9.17, 15) is 18.4 Å². The van der Waals surface area contributed by atoms with Gasteiger partial charge < -0.3 is 10.2 Å². The van der Waals surface area contributed by atoms with Crippen molar-refractivity contribution in [3.8, 4) is 0 Å². The van der Waals surface area contributed by atoms with Gasteiger partial charge in [-0.05, 0) is 31.4 Å². The van der Waals surface area contributed by atoms with Crippen LogP contribution in [-0.4, -0.2) is 36.3 Å². The summed E-state index contributed by atoms with van der Waals surface area (Å²) >= 11 is 0. The van der Waals surface area contributed by atoms with Crippen LogP contribution >= 0.6 is 0 Å². The van der Waals surface area contributed by atoms with Crippen LogP contribution in [0.1, 0.15) is 29.6 Å². The van der Waals surface area contributed by atoms with Crippen LogP contribution in [0.4, 0.5) is 8.78 Å². The summed E-state index contributed by atoms with van der Waals surface area (Å²) < 4.78 is 26.4. The molecule has 0 spiro atoms. The van der Waals surface area contributed by atoms with Crippen molar-refractivity contribution in [2.45, 2.75) is 25.3 Å². The van der Waals surface area contributed by atoms with E-state index in [1.165, 1.54) is 11.9 Å². The minimum atomic E-state index is -0.804. The highest BCUT2D eigenvalue weighted by Gasteiger charge is 2.32. The molecule has 1 aliphatic heterocycles. The molecular weight excluding hydrogens is 266 g/mol. The number of piperidine rings is 1. The Morgan fingerprint density at radius 3 is 2.45 bits per heavy atom. The molecule has 0 bridgehead atoms. The number of hydrogen-bond donors (Lipinski definition) is 1. The Labute approximate surface area is 115 Å². The standard InChI is InChI=1S/C14H16F2N2O2/c1-17-13(19)12-4-2-3-5-18(12)14(20)9-6-10(15)8-11(16)7-9/h6-8,12H,2-5H2,1H3,(H,17,19)/t12-/m0/s1. The van der Waals surface area contributed by atoms with Crippen molar-refractivity contribution in [1.82, 2.24) is 10.2 Å². The summed E-state index contributed by atoms with van der Waals surface area (Å²) in [6, 6.07) is 2.11. The van der Waals surface area contributed by atoms with Gasteiger partial charge in [-0.15, -0.1) is 0 Å². The molecule has 1 aliphatic rings. The lowest BCUT2D eigenvalue weighted by molar-refractivity contribution is -0.126. The van der Waals surface area contributed by atoms with Crippen molar-refractivity contribution < 1.29 is 18.4 Å². The summed E-state index contributed by atoms with van der Waals surface area (Å²) in [5.41, 5.74) is -0.0710. The molecule has 1 N–H and O–H groups in total. The highest BCUT2D eigenvalue weighted by molar-refractivity contribution is 5.97. The SMILES string of the molecule is CNC(=O)[C@@H]1CCCCN1C(=O)c1cc(F)cc(F)c1. The molecule has 0 saturated carbocycles. The minimum absolute atomic E-state index is 0.0710. The van der Waals surface area contributed by atoms with E-state index in [0.29, 0.717) is 19.0 Å². The van der Waals surface area contributed by atoms with Gasteiger partial charge in [0.2, 0.25) is 5.91 Å². The van der Waals surface area contributed by atoms with Gasteiger partial charge in [-0.25, -0.2) is 8.78 Å². The highest BCUT2D eigenvalue weighted by atomic mass is 19.1. The Kier molecular flexibility index (Phi) is 4.32. The molecule has 1 atom stereocenters. The molecule has 0 radical (unpaired) electrons. The van der Waals surface area contributed by atoms with Crippen LogP contribution in [0.15, 0.2) is 18.2 Å². The van der Waals surface area contributed by atoms with Crippen LogP contribution in [0.25, 0.3) is 0 Å². The fraction of sp³-hybridized carbons (Fsp3) is 0.429. The predicted octanol–water partition coefficient (Wildman–Crippen LogP) is 1.71. The van der Waals surface area contributed by atoms with Gasteiger partial charge in [-0.1, -0.05) is 0 Å². The lowest BCUT2D eigenvalue weighted by atomic mass is 10.00. The number of benzene rings is 1. The van der Waals surface area contributed by atoms with E-state index in [-0.39, 0.29) is 11.5 Å². The van der Waals surface area contributed by atoms with Gasteiger partial charge >= 0.3 is 0 Å². The van der Waals surface area contributed by atoms with Crippen molar-refractivity contribution in [3.05, 3.63) is 35.4 Å². The van der Waals surface area contributed by atoms with Gasteiger partial charge in [0.25, 0.3) is 5.91 Å². The average Bonchev–Trinajstić information content (AvgIpc) is 2.44. The van der Waals surface area contributed by atoms with Crippen molar-refractivity contribution in [3.63, 3.8) is 0 Å². The number of rotatable bonds is 2. The number of carbonyl (C=O) groups excluding carboxylic acids is 2. The van der Waals surface area contributed by atoms with Gasteiger partial charge in [0.05, 0.1) is 0 Å². The maximum atomic E-state index is 13.2. The van der Waals surface area contributed by atoms with Crippen molar-refractivity contribution in [2.75, 3.05) is 13.6 Å². The number of nitrogens with zero attached hydrogens (tertiary/aromatic N) is 1. The first-order valence-electron chi connectivity index (χ1n) is 6.51. The number of nitrogens with one attached hydrogen (secondary N) is 1. The Morgan fingerprint density at radius 2 is 1.85 bits per heavy atom. The second-order valence-corrected chi connectivity index (χ2v) is 4.78. The molecule has 0 unspecified atom stereocenters. The number of likely N-dealkylation sites (N-methyl/N-ethyl adjacent to an activating group) is 1. The Balaban J connectivity index is 2.27. The normalized spacial score (nSPS) is 18.8. The number of amides is 2. The van der Waals surface area contributed by atoms with Gasteiger partial charge in [0.1, 0.15) is 17.7 Å². The minimum Gasteiger partial charge on any atom is -0.357 e. The molecule has 0 aromatic heterocycles. The third-order valence-corrected chi connectivity index (χ3v) is 3.42. The topological polar surface area (TPSA) is 49.4 Å². The lowest BCUT2D eigenvalue weighted by Crippen LogP contribution is -2.51. The van der Waals surface area contributed by atoms with E-state index >= 15 is 0 Å². The molecule has 1 heterocycles. The molecule has 6 heteroatoms. The Bertz CT molecular complexity index is 514. The maximum absolute atomic E-state index is 13.2. The van der Waals surface area contributed by atoms with Gasteiger partial charge in [0, 0.05) is 25.2 Å². The second kappa shape index (κ2) is 5.98. The number of likely N-dealkylation sites (tertiary alicyclic amines) is 1. The molecular formula is C14H16F2N2O2. The molecule has 108 valence electrons. The van der Waals surface area contributed by atoms with Crippen LogP contribution in [0.5, 0.6) is 0 Å². The Hall–Kier alpha value is -1.98. The quantitative estimate of drug-likeness (QED) is 0.897. The molecule has 1 fully saturated rings. The Morgan fingerprint density at radius 1 is 1.20 bits per heavy atom. The first kappa shape index (κ1) is 14.4. The van der Waals surface area contributed by atoms with Crippen LogP contribution in [0.3, 0.4) is 0 Å². The lowest BCUT2D eigenvalue weighted by Gasteiger charge is -2.34. The molecule has 2 rings (SSSR count).